The van der Waals surface area contributed by atoms with Crippen molar-refractivity contribution in [2.24, 2.45) is 5.73 Å². The Bertz CT molecular complexity index is 344. The molecule has 3 N–H and O–H groups in total. The molecule has 1 aliphatic rings. The van der Waals surface area contributed by atoms with Gasteiger partial charge in [-0.15, -0.1) is 0 Å². The van der Waals surface area contributed by atoms with Crippen molar-refractivity contribution in [2.45, 2.75) is 38.6 Å². The van der Waals surface area contributed by atoms with Crippen molar-refractivity contribution in [3.63, 3.8) is 0 Å². The van der Waals surface area contributed by atoms with Crippen LogP contribution in [0.3, 0.4) is 0 Å². The SMILES string of the molecule is Cc1cc(O)cc(C)c1C1(N)CCC1. The second-order valence-corrected chi connectivity index (χ2v) is 4.46. The molecule has 0 aromatic heterocycles. The Morgan fingerprint density at radius 3 is 2.07 bits per heavy atom. The van der Waals surface area contributed by atoms with Crippen molar-refractivity contribution in [2.75, 3.05) is 0 Å². The van der Waals surface area contributed by atoms with E-state index in [1.165, 1.54) is 12.0 Å². The lowest BCUT2D eigenvalue weighted by Gasteiger charge is -2.40. The van der Waals surface area contributed by atoms with Gasteiger partial charge in [0.05, 0.1) is 0 Å². The Balaban J connectivity index is 2.52. The zero-order chi connectivity index (χ0) is 10.3. The van der Waals surface area contributed by atoms with E-state index < -0.39 is 0 Å². The van der Waals surface area contributed by atoms with Crippen LogP contribution in [0, 0.1) is 13.8 Å². The number of benzene rings is 1. The third-order valence-electron chi connectivity index (χ3n) is 3.26. The summed E-state index contributed by atoms with van der Waals surface area (Å²) in [5, 5.41) is 9.43. The van der Waals surface area contributed by atoms with Crippen LogP contribution in [0.4, 0.5) is 0 Å². The van der Waals surface area contributed by atoms with Crippen molar-refractivity contribution in [1.29, 1.82) is 0 Å². The third kappa shape index (κ3) is 1.30. The number of phenolic OH excluding ortho intramolecular Hbond substituents is 1. The molecule has 0 atom stereocenters. The summed E-state index contributed by atoms with van der Waals surface area (Å²) < 4.78 is 0. The largest absolute Gasteiger partial charge is 0.508 e. The first-order valence-electron chi connectivity index (χ1n) is 5.12. The summed E-state index contributed by atoms with van der Waals surface area (Å²) in [6.45, 7) is 4.05. The molecule has 0 heterocycles. The normalized spacial score (nSPS) is 19.1. The minimum absolute atomic E-state index is 0.123. The average molecular weight is 191 g/mol. The van der Waals surface area contributed by atoms with E-state index in [4.69, 9.17) is 5.73 Å². The molecule has 14 heavy (non-hydrogen) atoms. The van der Waals surface area contributed by atoms with Gasteiger partial charge in [-0.3, -0.25) is 0 Å². The summed E-state index contributed by atoms with van der Waals surface area (Å²) in [5.74, 6) is 0.340. The summed E-state index contributed by atoms with van der Waals surface area (Å²) in [6.07, 6.45) is 3.36. The monoisotopic (exact) mass is 191 g/mol. The number of aromatic hydroxyl groups is 1. The van der Waals surface area contributed by atoms with E-state index in [2.05, 4.69) is 0 Å². The van der Waals surface area contributed by atoms with Crippen LogP contribution in [0.1, 0.15) is 36.0 Å². The minimum atomic E-state index is -0.123. The highest BCUT2D eigenvalue weighted by molar-refractivity contribution is 5.45. The molecule has 0 spiro atoms. The van der Waals surface area contributed by atoms with E-state index in [9.17, 15) is 5.11 Å². The zero-order valence-corrected chi connectivity index (χ0v) is 8.80. The van der Waals surface area contributed by atoms with Gasteiger partial charge < -0.3 is 10.8 Å². The second kappa shape index (κ2) is 2.99. The molecule has 1 saturated carbocycles. The minimum Gasteiger partial charge on any atom is -0.508 e. The van der Waals surface area contributed by atoms with Crippen LogP contribution in [0.15, 0.2) is 12.1 Å². The Labute approximate surface area is 84.7 Å². The van der Waals surface area contributed by atoms with Crippen LogP contribution >= 0.6 is 0 Å². The summed E-state index contributed by atoms with van der Waals surface area (Å²) in [4.78, 5) is 0. The number of aryl methyl sites for hydroxylation is 2. The molecule has 1 aromatic rings. The van der Waals surface area contributed by atoms with Crippen molar-refractivity contribution in [3.8, 4) is 5.75 Å². The number of rotatable bonds is 1. The molecule has 76 valence electrons. The molecule has 1 aliphatic carbocycles. The van der Waals surface area contributed by atoms with Gasteiger partial charge in [-0.1, -0.05) is 0 Å². The van der Waals surface area contributed by atoms with Crippen LogP contribution in [-0.4, -0.2) is 5.11 Å². The molecule has 0 aliphatic heterocycles. The number of nitrogens with two attached hydrogens (primary N) is 1. The molecule has 0 unspecified atom stereocenters. The van der Waals surface area contributed by atoms with Gasteiger partial charge in [0, 0.05) is 5.54 Å². The molecule has 2 nitrogen and oxygen atoms in total. The molecule has 0 radical (unpaired) electrons. The van der Waals surface area contributed by atoms with Gasteiger partial charge in [0.1, 0.15) is 5.75 Å². The van der Waals surface area contributed by atoms with Crippen molar-refractivity contribution >= 4 is 0 Å². The maximum Gasteiger partial charge on any atom is 0.116 e. The Kier molecular flexibility index (Phi) is 2.04. The highest BCUT2D eigenvalue weighted by Crippen LogP contribution is 2.42. The fourth-order valence-corrected chi connectivity index (χ4v) is 2.53. The number of hydrogen-bond donors (Lipinski definition) is 2. The van der Waals surface area contributed by atoms with Gasteiger partial charge in [0.15, 0.2) is 0 Å². The van der Waals surface area contributed by atoms with Crippen molar-refractivity contribution in [1.82, 2.24) is 0 Å². The predicted molar refractivity (Wildman–Crippen MR) is 57.3 cm³/mol. The van der Waals surface area contributed by atoms with Gasteiger partial charge in [-0.05, 0) is 61.9 Å². The maximum atomic E-state index is 9.43. The molecule has 2 heteroatoms. The van der Waals surface area contributed by atoms with E-state index in [-0.39, 0.29) is 5.54 Å². The van der Waals surface area contributed by atoms with E-state index in [1.54, 1.807) is 12.1 Å². The molecule has 1 fully saturated rings. The molecule has 2 rings (SSSR count). The van der Waals surface area contributed by atoms with E-state index in [0.717, 1.165) is 24.0 Å². The standard InChI is InChI=1S/C12H17NO/c1-8-6-10(14)7-9(2)11(8)12(13)4-3-5-12/h6-7,14H,3-5,13H2,1-2H3. The topological polar surface area (TPSA) is 46.2 Å². The van der Waals surface area contributed by atoms with Gasteiger partial charge >= 0.3 is 0 Å². The smallest absolute Gasteiger partial charge is 0.116 e. The first-order valence-corrected chi connectivity index (χ1v) is 5.12. The Morgan fingerprint density at radius 1 is 1.21 bits per heavy atom. The van der Waals surface area contributed by atoms with Crippen LogP contribution in [0.2, 0.25) is 0 Å². The van der Waals surface area contributed by atoms with Gasteiger partial charge in [0.2, 0.25) is 0 Å². The van der Waals surface area contributed by atoms with Gasteiger partial charge in [-0.2, -0.15) is 0 Å². The fourth-order valence-electron chi connectivity index (χ4n) is 2.53. The van der Waals surface area contributed by atoms with Crippen LogP contribution in [-0.2, 0) is 5.54 Å². The second-order valence-electron chi connectivity index (χ2n) is 4.46. The fraction of sp³-hybridized carbons (Fsp3) is 0.500. The van der Waals surface area contributed by atoms with Crippen molar-refractivity contribution in [3.05, 3.63) is 28.8 Å². The Hall–Kier alpha value is -1.02. The molecule has 0 saturated heterocycles. The molecule has 0 bridgehead atoms. The predicted octanol–water partition coefficient (Wildman–Crippen LogP) is 2.35. The highest BCUT2D eigenvalue weighted by Gasteiger charge is 2.36. The molecule has 1 aromatic carbocycles. The summed E-state index contributed by atoms with van der Waals surface area (Å²) in [6, 6.07) is 3.60. The van der Waals surface area contributed by atoms with Crippen LogP contribution in [0.25, 0.3) is 0 Å². The third-order valence-corrected chi connectivity index (χ3v) is 3.26. The van der Waals surface area contributed by atoms with Crippen LogP contribution in [0.5, 0.6) is 5.75 Å². The number of hydrogen-bond acceptors (Lipinski definition) is 2. The number of phenols is 1. The Morgan fingerprint density at radius 2 is 1.71 bits per heavy atom. The first-order chi connectivity index (χ1) is 6.53. The average Bonchev–Trinajstić information content (AvgIpc) is 1.99. The van der Waals surface area contributed by atoms with Gasteiger partial charge in [0.25, 0.3) is 0 Å². The van der Waals surface area contributed by atoms with E-state index >= 15 is 0 Å². The quantitative estimate of drug-likeness (QED) is 0.715. The lowest BCUT2D eigenvalue weighted by atomic mass is 9.70. The molecule has 0 amide bonds. The molecular weight excluding hydrogens is 174 g/mol. The van der Waals surface area contributed by atoms with Crippen molar-refractivity contribution < 1.29 is 5.11 Å². The lowest BCUT2D eigenvalue weighted by Crippen LogP contribution is -2.44. The first kappa shape index (κ1) is 9.53. The summed E-state index contributed by atoms with van der Waals surface area (Å²) >= 11 is 0. The van der Waals surface area contributed by atoms with E-state index in [0.29, 0.717) is 5.75 Å². The maximum absolute atomic E-state index is 9.43. The summed E-state index contributed by atoms with van der Waals surface area (Å²) in [5.41, 5.74) is 9.64. The van der Waals surface area contributed by atoms with Crippen LogP contribution < -0.4 is 5.73 Å². The highest BCUT2D eigenvalue weighted by atomic mass is 16.3. The molecular formula is C12H17NO. The van der Waals surface area contributed by atoms with Gasteiger partial charge in [-0.25, -0.2) is 0 Å². The zero-order valence-electron chi connectivity index (χ0n) is 8.80. The van der Waals surface area contributed by atoms with E-state index in [1.807, 2.05) is 13.8 Å². The lowest BCUT2D eigenvalue weighted by molar-refractivity contribution is 0.251. The summed E-state index contributed by atoms with van der Waals surface area (Å²) in [7, 11) is 0.